The van der Waals surface area contributed by atoms with Gasteiger partial charge in [-0.3, -0.25) is 0 Å². The van der Waals surface area contributed by atoms with Crippen molar-refractivity contribution in [2.24, 2.45) is 0 Å². The Hall–Kier alpha value is -0.470. The number of ether oxygens (including phenoxy) is 1. The van der Waals surface area contributed by atoms with Crippen LogP contribution in [0.25, 0.3) is 0 Å². The Kier molecular flexibility index (Phi) is 8.79. The minimum Gasteiger partial charge on any atom is -0.396 e. The fraction of sp³-hybridized carbons (Fsp3) is 0.565. The summed E-state index contributed by atoms with van der Waals surface area (Å²) < 4.78 is 6.13. The van der Waals surface area contributed by atoms with Crippen molar-refractivity contribution in [3.05, 3.63) is 57.6 Å². The Balaban J connectivity index is 1.95. The zero-order valence-electron chi connectivity index (χ0n) is 17.5. The van der Waals surface area contributed by atoms with Crippen LogP contribution in [0.2, 0.25) is 5.02 Å². The van der Waals surface area contributed by atoms with Crippen LogP contribution in [0.5, 0.6) is 0 Å². The highest BCUT2D eigenvalue weighted by Crippen LogP contribution is 2.55. The standard InChI is InChI=1S/C23H31ClO4S2/c1-3-5-15(6-4-9-29-2)10-16-11-19-17(12-20(16)24)14-28-23(19)22(27)21(26)13-18(30-23)7-8-25/h4-6,11-12,18,21-22,25-27H,3,7-10,13-14H2,1-2H3/b6-4-,15-5+/t18?,21?,22-,23+/m1/s1. The first-order valence-corrected chi connectivity index (χ1v) is 13.0. The van der Waals surface area contributed by atoms with Crippen LogP contribution in [0.3, 0.4) is 0 Å². The largest absolute Gasteiger partial charge is 0.396 e. The van der Waals surface area contributed by atoms with Gasteiger partial charge in [0.15, 0.2) is 4.93 Å². The van der Waals surface area contributed by atoms with Crippen molar-refractivity contribution in [2.75, 3.05) is 18.6 Å². The average Bonchev–Trinajstić information content (AvgIpc) is 3.05. The Labute approximate surface area is 192 Å². The molecule has 2 heterocycles. The molecule has 3 rings (SSSR count). The van der Waals surface area contributed by atoms with E-state index in [-0.39, 0.29) is 11.9 Å². The molecule has 2 aliphatic rings. The lowest BCUT2D eigenvalue weighted by atomic mass is 9.91. The molecule has 1 spiro atoms. The van der Waals surface area contributed by atoms with Gasteiger partial charge in [-0.05, 0) is 60.8 Å². The maximum absolute atomic E-state index is 10.9. The molecule has 1 aromatic carbocycles. The van der Waals surface area contributed by atoms with Gasteiger partial charge in [-0.1, -0.05) is 36.8 Å². The van der Waals surface area contributed by atoms with Crippen molar-refractivity contribution in [1.82, 2.24) is 0 Å². The van der Waals surface area contributed by atoms with Crippen LogP contribution in [0.1, 0.15) is 42.9 Å². The molecular formula is C23H31ClO4S2. The molecule has 0 radical (unpaired) electrons. The van der Waals surface area contributed by atoms with Gasteiger partial charge in [-0.15, -0.1) is 11.8 Å². The van der Waals surface area contributed by atoms with Gasteiger partial charge in [0.05, 0.1) is 12.7 Å². The summed E-state index contributed by atoms with van der Waals surface area (Å²) in [5.74, 6) is 0.961. The van der Waals surface area contributed by atoms with Crippen LogP contribution < -0.4 is 0 Å². The third kappa shape index (κ3) is 5.12. The van der Waals surface area contributed by atoms with Crippen LogP contribution in [0.4, 0.5) is 0 Å². The normalized spacial score (nSPS) is 29.1. The SMILES string of the molecule is CC/C=C(\C=C/CSC)Cc1cc2c(cc1Cl)CO[C@]21SC(CCO)CC(O)[C@H]1O. The second kappa shape index (κ2) is 10.9. The van der Waals surface area contributed by atoms with E-state index in [4.69, 9.17) is 16.3 Å². The number of halogens is 1. The van der Waals surface area contributed by atoms with E-state index in [0.717, 1.165) is 28.9 Å². The first-order chi connectivity index (χ1) is 14.4. The molecule has 0 aliphatic carbocycles. The molecule has 2 unspecified atom stereocenters. The van der Waals surface area contributed by atoms with Crippen LogP contribution in [0, 0.1) is 0 Å². The zero-order valence-corrected chi connectivity index (χ0v) is 19.9. The summed E-state index contributed by atoms with van der Waals surface area (Å²) in [6.45, 7) is 2.51. The lowest BCUT2D eigenvalue weighted by Gasteiger charge is -2.43. The topological polar surface area (TPSA) is 69.9 Å². The summed E-state index contributed by atoms with van der Waals surface area (Å²) >= 11 is 9.91. The van der Waals surface area contributed by atoms with Crippen molar-refractivity contribution in [2.45, 2.75) is 61.6 Å². The molecule has 7 heteroatoms. The first kappa shape index (κ1) is 24.2. The van der Waals surface area contributed by atoms with Crippen molar-refractivity contribution >= 4 is 35.1 Å². The summed E-state index contributed by atoms with van der Waals surface area (Å²) in [4.78, 5) is -1.02. The first-order valence-electron chi connectivity index (χ1n) is 10.4. The van der Waals surface area contributed by atoms with Gasteiger partial charge in [-0.2, -0.15) is 11.8 Å². The predicted molar refractivity (Wildman–Crippen MR) is 127 cm³/mol. The smallest absolute Gasteiger partial charge is 0.168 e. The molecule has 4 atom stereocenters. The molecule has 0 aromatic heterocycles. The number of aliphatic hydroxyl groups excluding tert-OH is 3. The predicted octanol–water partition coefficient (Wildman–Crippen LogP) is 4.43. The Morgan fingerprint density at radius 2 is 2.20 bits per heavy atom. The summed E-state index contributed by atoms with van der Waals surface area (Å²) in [5.41, 5.74) is 4.04. The highest BCUT2D eigenvalue weighted by molar-refractivity contribution is 8.00. The fourth-order valence-electron chi connectivity index (χ4n) is 4.16. The molecule has 1 fully saturated rings. The number of allylic oxidation sites excluding steroid dienone is 3. The van der Waals surface area contributed by atoms with Crippen LogP contribution >= 0.6 is 35.1 Å². The molecule has 0 saturated carbocycles. The maximum atomic E-state index is 10.9. The van der Waals surface area contributed by atoms with Crippen molar-refractivity contribution in [1.29, 1.82) is 0 Å². The summed E-state index contributed by atoms with van der Waals surface area (Å²) in [7, 11) is 0. The van der Waals surface area contributed by atoms with Gasteiger partial charge < -0.3 is 20.1 Å². The minimum atomic E-state index is -1.03. The van der Waals surface area contributed by atoms with Gasteiger partial charge in [0.2, 0.25) is 0 Å². The van der Waals surface area contributed by atoms with E-state index >= 15 is 0 Å². The van der Waals surface area contributed by atoms with Crippen LogP contribution in [-0.4, -0.2) is 51.4 Å². The van der Waals surface area contributed by atoms with Gasteiger partial charge in [0, 0.05) is 28.2 Å². The highest BCUT2D eigenvalue weighted by atomic mass is 35.5. The molecule has 0 amide bonds. The lowest BCUT2D eigenvalue weighted by molar-refractivity contribution is -0.115. The number of fused-ring (bicyclic) bond motifs is 2. The van der Waals surface area contributed by atoms with Crippen LogP contribution in [-0.2, 0) is 22.7 Å². The molecule has 4 nitrogen and oxygen atoms in total. The molecule has 0 bridgehead atoms. The Morgan fingerprint density at radius 3 is 2.90 bits per heavy atom. The van der Waals surface area contributed by atoms with E-state index < -0.39 is 17.1 Å². The quantitative estimate of drug-likeness (QED) is 0.488. The second-order valence-corrected chi connectivity index (χ2v) is 10.6. The van der Waals surface area contributed by atoms with E-state index in [1.54, 1.807) is 11.8 Å². The Morgan fingerprint density at radius 1 is 1.40 bits per heavy atom. The van der Waals surface area contributed by atoms with E-state index in [9.17, 15) is 15.3 Å². The van der Waals surface area contributed by atoms with Crippen molar-refractivity contribution < 1.29 is 20.1 Å². The molecule has 3 N–H and O–H groups in total. The van der Waals surface area contributed by atoms with E-state index in [0.29, 0.717) is 30.9 Å². The molecule has 166 valence electrons. The van der Waals surface area contributed by atoms with Gasteiger partial charge in [0.25, 0.3) is 0 Å². The summed E-state index contributed by atoms with van der Waals surface area (Å²) in [6, 6.07) is 3.98. The molecular weight excluding hydrogens is 440 g/mol. The third-order valence-electron chi connectivity index (χ3n) is 5.60. The van der Waals surface area contributed by atoms with Gasteiger partial charge >= 0.3 is 0 Å². The second-order valence-electron chi connectivity index (χ2n) is 7.78. The lowest BCUT2D eigenvalue weighted by Crippen LogP contribution is -2.50. The molecule has 30 heavy (non-hydrogen) atoms. The third-order valence-corrected chi connectivity index (χ3v) is 8.17. The monoisotopic (exact) mass is 470 g/mol. The summed E-state index contributed by atoms with van der Waals surface area (Å²) in [6.07, 6.45) is 9.32. The molecule has 1 saturated heterocycles. The number of rotatable bonds is 8. The van der Waals surface area contributed by atoms with Crippen LogP contribution in [0.15, 0.2) is 35.9 Å². The van der Waals surface area contributed by atoms with E-state index in [2.05, 4.69) is 31.4 Å². The average molecular weight is 471 g/mol. The van der Waals surface area contributed by atoms with E-state index in [1.807, 2.05) is 12.1 Å². The minimum absolute atomic E-state index is 0.0171. The number of hydrogen-bond acceptors (Lipinski definition) is 6. The van der Waals surface area contributed by atoms with Gasteiger partial charge in [-0.25, -0.2) is 0 Å². The van der Waals surface area contributed by atoms with Crippen molar-refractivity contribution in [3.8, 4) is 0 Å². The Bertz CT molecular complexity index is 798. The van der Waals surface area contributed by atoms with Crippen molar-refractivity contribution in [3.63, 3.8) is 0 Å². The molecule has 2 aliphatic heterocycles. The number of hydrogen-bond donors (Lipinski definition) is 3. The maximum Gasteiger partial charge on any atom is 0.168 e. The number of benzene rings is 1. The summed E-state index contributed by atoms with van der Waals surface area (Å²) in [5, 5.41) is 31.5. The fourth-order valence-corrected chi connectivity index (χ4v) is 6.45. The molecule has 1 aromatic rings. The number of thioether (sulfide) groups is 2. The van der Waals surface area contributed by atoms with E-state index in [1.165, 1.54) is 17.3 Å². The zero-order chi connectivity index (χ0) is 21.7. The van der Waals surface area contributed by atoms with Gasteiger partial charge in [0.1, 0.15) is 6.10 Å². The highest BCUT2D eigenvalue weighted by Gasteiger charge is 2.54. The number of aliphatic hydroxyl groups is 3.